The molecule has 0 aliphatic carbocycles. The average Bonchev–Trinajstić information content (AvgIpc) is 2.27. The monoisotopic (exact) mass is 270 g/mol. The van der Waals surface area contributed by atoms with Crippen molar-refractivity contribution in [3.05, 3.63) is 28.8 Å². The van der Waals surface area contributed by atoms with E-state index in [2.05, 4.69) is 0 Å². The van der Waals surface area contributed by atoms with E-state index in [1.165, 1.54) is 0 Å². The number of hydrogen-bond acceptors (Lipinski definition) is 3. The third kappa shape index (κ3) is 4.20. The van der Waals surface area contributed by atoms with Crippen LogP contribution < -0.4 is 16.2 Å². The Morgan fingerprint density at radius 2 is 2.17 bits per heavy atom. The third-order valence-electron chi connectivity index (χ3n) is 2.81. The SMILES string of the molecule is COc1ccc(C(N)CC(C)CC(N)=O)cc1Cl. The standard InChI is InChI=1S/C13H19ClN2O2/c1-8(6-13(16)17)5-11(15)9-3-4-12(18-2)10(14)7-9/h3-4,7-8,11H,5-6,15H2,1-2H3,(H2,16,17). The predicted octanol–water partition coefficient (Wildman–Crippen LogP) is 2.25. The van der Waals surface area contributed by atoms with Gasteiger partial charge in [-0.2, -0.15) is 0 Å². The summed E-state index contributed by atoms with van der Waals surface area (Å²) in [7, 11) is 1.57. The summed E-state index contributed by atoms with van der Waals surface area (Å²) in [6, 6.07) is 5.30. The third-order valence-corrected chi connectivity index (χ3v) is 3.11. The van der Waals surface area contributed by atoms with Gasteiger partial charge in [-0.3, -0.25) is 4.79 Å². The van der Waals surface area contributed by atoms with Crippen molar-refractivity contribution in [2.24, 2.45) is 17.4 Å². The number of methoxy groups -OCH3 is 1. The van der Waals surface area contributed by atoms with Crippen LogP contribution >= 0.6 is 11.6 Å². The summed E-state index contributed by atoms with van der Waals surface area (Å²) < 4.78 is 5.08. The number of halogens is 1. The van der Waals surface area contributed by atoms with Gasteiger partial charge in [-0.05, 0) is 30.0 Å². The van der Waals surface area contributed by atoms with Gasteiger partial charge < -0.3 is 16.2 Å². The topological polar surface area (TPSA) is 78.3 Å². The van der Waals surface area contributed by atoms with Crippen molar-refractivity contribution < 1.29 is 9.53 Å². The Balaban J connectivity index is 2.69. The molecule has 1 aromatic rings. The van der Waals surface area contributed by atoms with Crippen LogP contribution in [0.3, 0.4) is 0 Å². The van der Waals surface area contributed by atoms with Crippen molar-refractivity contribution >= 4 is 17.5 Å². The van der Waals surface area contributed by atoms with Gasteiger partial charge in [0.15, 0.2) is 0 Å². The number of rotatable bonds is 6. The fraction of sp³-hybridized carbons (Fsp3) is 0.462. The van der Waals surface area contributed by atoms with Crippen molar-refractivity contribution in [2.75, 3.05) is 7.11 Å². The van der Waals surface area contributed by atoms with E-state index in [1.54, 1.807) is 19.2 Å². The molecule has 0 saturated carbocycles. The molecule has 0 aromatic heterocycles. The van der Waals surface area contributed by atoms with Crippen molar-refractivity contribution in [1.29, 1.82) is 0 Å². The lowest BCUT2D eigenvalue weighted by Gasteiger charge is -2.17. The molecule has 0 radical (unpaired) electrons. The van der Waals surface area contributed by atoms with Gasteiger partial charge in [0, 0.05) is 12.5 Å². The summed E-state index contributed by atoms with van der Waals surface area (Å²) >= 11 is 6.04. The quantitative estimate of drug-likeness (QED) is 0.832. The van der Waals surface area contributed by atoms with Gasteiger partial charge in [-0.1, -0.05) is 24.6 Å². The Hall–Kier alpha value is -1.26. The van der Waals surface area contributed by atoms with Crippen LogP contribution in [0.15, 0.2) is 18.2 Å². The smallest absolute Gasteiger partial charge is 0.217 e. The average molecular weight is 271 g/mol. The van der Waals surface area contributed by atoms with Crippen molar-refractivity contribution in [1.82, 2.24) is 0 Å². The summed E-state index contributed by atoms with van der Waals surface area (Å²) in [5.74, 6) is 0.471. The highest BCUT2D eigenvalue weighted by Crippen LogP contribution is 2.29. The Kier molecular flexibility index (Phi) is 5.44. The van der Waals surface area contributed by atoms with Crippen LogP contribution in [0.5, 0.6) is 5.75 Å². The minimum atomic E-state index is -0.303. The molecule has 2 atom stereocenters. The Bertz CT molecular complexity index is 423. The molecule has 100 valence electrons. The van der Waals surface area contributed by atoms with E-state index in [4.69, 9.17) is 27.8 Å². The zero-order valence-corrected chi connectivity index (χ0v) is 11.4. The molecule has 18 heavy (non-hydrogen) atoms. The number of benzene rings is 1. The Labute approximate surface area is 112 Å². The number of hydrogen-bond donors (Lipinski definition) is 2. The first kappa shape index (κ1) is 14.8. The zero-order chi connectivity index (χ0) is 13.7. The van der Waals surface area contributed by atoms with Crippen molar-refractivity contribution in [2.45, 2.75) is 25.8 Å². The van der Waals surface area contributed by atoms with Crippen LogP contribution in [0.25, 0.3) is 0 Å². The number of carbonyl (C=O) groups excluding carboxylic acids is 1. The second-order valence-electron chi connectivity index (χ2n) is 4.51. The molecule has 0 fully saturated rings. The van der Waals surface area contributed by atoms with Crippen LogP contribution in [-0.2, 0) is 4.79 Å². The molecule has 0 spiro atoms. The normalized spacial score (nSPS) is 14.0. The van der Waals surface area contributed by atoms with E-state index < -0.39 is 0 Å². The van der Waals surface area contributed by atoms with Crippen molar-refractivity contribution in [3.63, 3.8) is 0 Å². The lowest BCUT2D eigenvalue weighted by molar-refractivity contribution is -0.118. The lowest BCUT2D eigenvalue weighted by Crippen LogP contribution is -2.19. The molecular formula is C13H19ClN2O2. The Morgan fingerprint density at radius 3 is 2.67 bits per heavy atom. The molecule has 0 aliphatic heterocycles. The van der Waals surface area contributed by atoms with Crippen LogP contribution in [-0.4, -0.2) is 13.0 Å². The molecule has 2 unspecified atom stereocenters. The van der Waals surface area contributed by atoms with Gasteiger partial charge in [0.05, 0.1) is 12.1 Å². The second-order valence-corrected chi connectivity index (χ2v) is 4.92. The van der Waals surface area contributed by atoms with E-state index in [0.29, 0.717) is 23.6 Å². The van der Waals surface area contributed by atoms with Crippen LogP contribution in [0, 0.1) is 5.92 Å². The highest BCUT2D eigenvalue weighted by molar-refractivity contribution is 6.32. The first-order valence-corrected chi connectivity index (χ1v) is 6.19. The highest BCUT2D eigenvalue weighted by Gasteiger charge is 2.14. The lowest BCUT2D eigenvalue weighted by atomic mass is 9.94. The molecule has 1 aromatic carbocycles. The largest absolute Gasteiger partial charge is 0.495 e. The number of ether oxygens (including phenoxy) is 1. The van der Waals surface area contributed by atoms with Crippen LogP contribution in [0.4, 0.5) is 0 Å². The van der Waals surface area contributed by atoms with E-state index in [1.807, 2.05) is 13.0 Å². The van der Waals surface area contributed by atoms with E-state index >= 15 is 0 Å². The van der Waals surface area contributed by atoms with Gasteiger partial charge in [0.1, 0.15) is 5.75 Å². The van der Waals surface area contributed by atoms with Gasteiger partial charge >= 0.3 is 0 Å². The van der Waals surface area contributed by atoms with E-state index in [-0.39, 0.29) is 17.9 Å². The summed E-state index contributed by atoms with van der Waals surface area (Å²) in [4.78, 5) is 10.8. The summed E-state index contributed by atoms with van der Waals surface area (Å²) in [6.45, 7) is 1.95. The second kappa shape index (κ2) is 6.61. The summed E-state index contributed by atoms with van der Waals surface area (Å²) in [5.41, 5.74) is 12.2. The summed E-state index contributed by atoms with van der Waals surface area (Å²) in [5, 5.41) is 0.535. The maximum absolute atomic E-state index is 10.8. The van der Waals surface area contributed by atoms with Gasteiger partial charge in [0.2, 0.25) is 5.91 Å². The molecule has 1 amide bonds. The maximum atomic E-state index is 10.8. The number of nitrogens with two attached hydrogens (primary N) is 2. The maximum Gasteiger partial charge on any atom is 0.217 e. The molecule has 0 bridgehead atoms. The molecule has 0 heterocycles. The van der Waals surface area contributed by atoms with Gasteiger partial charge in [-0.15, -0.1) is 0 Å². The van der Waals surface area contributed by atoms with Gasteiger partial charge in [-0.25, -0.2) is 0 Å². The molecule has 5 heteroatoms. The van der Waals surface area contributed by atoms with Crippen LogP contribution in [0.2, 0.25) is 5.02 Å². The zero-order valence-electron chi connectivity index (χ0n) is 10.7. The molecule has 0 aliphatic rings. The fourth-order valence-electron chi connectivity index (χ4n) is 1.91. The number of carbonyl (C=O) groups is 1. The molecule has 4 N–H and O–H groups in total. The molecule has 4 nitrogen and oxygen atoms in total. The first-order chi connectivity index (χ1) is 8.43. The molecule has 0 saturated heterocycles. The van der Waals surface area contributed by atoms with Crippen LogP contribution in [0.1, 0.15) is 31.4 Å². The number of primary amides is 1. The summed E-state index contributed by atoms with van der Waals surface area (Å²) in [6.07, 6.45) is 1.03. The minimum absolute atomic E-state index is 0.151. The minimum Gasteiger partial charge on any atom is -0.495 e. The first-order valence-electron chi connectivity index (χ1n) is 5.81. The van der Waals surface area contributed by atoms with Crippen molar-refractivity contribution in [3.8, 4) is 5.75 Å². The van der Waals surface area contributed by atoms with E-state index in [9.17, 15) is 4.79 Å². The fourth-order valence-corrected chi connectivity index (χ4v) is 2.18. The Morgan fingerprint density at radius 1 is 1.50 bits per heavy atom. The van der Waals surface area contributed by atoms with E-state index in [0.717, 1.165) is 5.56 Å². The molecular weight excluding hydrogens is 252 g/mol. The highest BCUT2D eigenvalue weighted by atomic mass is 35.5. The predicted molar refractivity (Wildman–Crippen MR) is 72.5 cm³/mol. The molecule has 1 rings (SSSR count). The number of amides is 1. The van der Waals surface area contributed by atoms with Gasteiger partial charge in [0.25, 0.3) is 0 Å².